The molecule has 0 radical (unpaired) electrons. The van der Waals surface area contributed by atoms with E-state index in [2.05, 4.69) is 38.3 Å². The number of carbonyl (C=O) groups excluding carboxylic acids is 1. The predicted octanol–water partition coefficient (Wildman–Crippen LogP) is 5.24. The lowest BCUT2D eigenvalue weighted by atomic mass is 9.43. The smallest absolute Gasteiger partial charge is 0.314 e. The summed E-state index contributed by atoms with van der Waals surface area (Å²) >= 11 is 0. The molecule has 0 spiro atoms. The van der Waals surface area contributed by atoms with E-state index in [4.69, 9.17) is 0 Å². The summed E-state index contributed by atoms with van der Waals surface area (Å²) in [4.78, 5) is 12.1. The number of aliphatic hydroxyl groups excluding tert-OH is 3. The van der Waals surface area contributed by atoms with Crippen LogP contribution in [0.3, 0.4) is 0 Å². The highest BCUT2D eigenvalue weighted by Crippen LogP contribution is 2.68. The van der Waals surface area contributed by atoms with E-state index in [1.165, 1.54) is 19.3 Å². The van der Waals surface area contributed by atoms with Crippen molar-refractivity contribution in [2.75, 3.05) is 13.1 Å². The highest BCUT2D eigenvalue weighted by Gasteiger charge is 2.65. The van der Waals surface area contributed by atoms with Gasteiger partial charge in [-0.05, 0) is 111 Å². The summed E-state index contributed by atoms with van der Waals surface area (Å²) in [6, 6.07) is -0.0564. The lowest BCUT2D eigenvalue weighted by Gasteiger charge is -2.63. The van der Waals surface area contributed by atoms with Gasteiger partial charge in [0.15, 0.2) is 0 Å². The Balaban J connectivity index is 1.31. The first-order valence-electron chi connectivity index (χ1n) is 15.7. The van der Waals surface area contributed by atoms with Crippen molar-refractivity contribution in [1.29, 1.82) is 0 Å². The maximum Gasteiger partial charge on any atom is 0.314 e. The van der Waals surface area contributed by atoms with Crippen LogP contribution in [0.4, 0.5) is 4.79 Å². The van der Waals surface area contributed by atoms with E-state index in [9.17, 15) is 20.1 Å². The first-order valence-corrected chi connectivity index (χ1v) is 15.7. The van der Waals surface area contributed by atoms with Gasteiger partial charge in [0, 0.05) is 13.1 Å². The van der Waals surface area contributed by atoms with E-state index in [-0.39, 0.29) is 41.1 Å². The first kappa shape index (κ1) is 29.1. The molecule has 4 aliphatic carbocycles. The van der Waals surface area contributed by atoms with Crippen LogP contribution in [-0.2, 0) is 0 Å². The van der Waals surface area contributed by atoms with Gasteiger partial charge >= 0.3 is 6.03 Å². The van der Waals surface area contributed by atoms with Crippen LogP contribution in [0, 0.1) is 46.3 Å². The number of hydrogen-bond acceptors (Lipinski definition) is 4. The summed E-state index contributed by atoms with van der Waals surface area (Å²) in [7, 11) is 0. The van der Waals surface area contributed by atoms with Crippen LogP contribution in [0.1, 0.15) is 111 Å². The van der Waals surface area contributed by atoms with Gasteiger partial charge in [-0.2, -0.15) is 0 Å². The van der Waals surface area contributed by atoms with E-state index < -0.39 is 0 Å². The summed E-state index contributed by atoms with van der Waals surface area (Å²) in [6.45, 7) is 10.7. The number of nitrogens with one attached hydrogen (secondary N) is 2. The second-order valence-electron chi connectivity index (χ2n) is 13.9. The summed E-state index contributed by atoms with van der Waals surface area (Å²) < 4.78 is 0. The van der Waals surface area contributed by atoms with Gasteiger partial charge in [0.2, 0.25) is 0 Å². The molecule has 4 saturated carbocycles. The number of fused-ring (bicyclic) bond motifs is 5. The molecule has 4 aliphatic rings. The van der Waals surface area contributed by atoms with Crippen LogP contribution in [0.25, 0.3) is 0 Å². The predicted molar refractivity (Wildman–Crippen MR) is 148 cm³/mol. The summed E-state index contributed by atoms with van der Waals surface area (Å²) in [6.07, 6.45) is 12.3. The number of carbonyl (C=O) groups is 1. The molecule has 6 heteroatoms. The Bertz CT molecular complexity index is 763. The fraction of sp³-hybridized carbons (Fsp3) is 0.968. The Morgan fingerprint density at radius 3 is 2.38 bits per heavy atom. The molecule has 4 fully saturated rings. The minimum absolute atomic E-state index is 0.0564. The number of hydrogen-bond donors (Lipinski definition) is 5. The van der Waals surface area contributed by atoms with E-state index in [0.29, 0.717) is 36.1 Å². The van der Waals surface area contributed by atoms with Crippen LogP contribution in [0.15, 0.2) is 0 Å². The molecule has 0 saturated heterocycles. The van der Waals surface area contributed by atoms with Crippen LogP contribution < -0.4 is 10.6 Å². The zero-order chi connectivity index (χ0) is 26.8. The Morgan fingerprint density at radius 1 is 0.919 bits per heavy atom. The number of amides is 2. The normalized spacial score (nSPS) is 43.9. The van der Waals surface area contributed by atoms with Gasteiger partial charge in [-0.3, -0.25) is 0 Å². The third-order valence-electron chi connectivity index (χ3n) is 12.0. The molecule has 0 aromatic carbocycles. The van der Waals surface area contributed by atoms with E-state index >= 15 is 0 Å². The van der Waals surface area contributed by atoms with Gasteiger partial charge in [0.05, 0.1) is 18.3 Å². The minimum Gasteiger partial charge on any atom is -0.393 e. The number of urea groups is 1. The van der Waals surface area contributed by atoms with Crippen LogP contribution in [0.2, 0.25) is 0 Å². The molecule has 2 amide bonds. The third kappa shape index (κ3) is 5.72. The summed E-state index contributed by atoms with van der Waals surface area (Å²) in [5.74, 6) is 2.28. The van der Waals surface area contributed by atoms with Crippen LogP contribution >= 0.6 is 0 Å². The summed E-state index contributed by atoms with van der Waals surface area (Å²) in [5, 5.41) is 39.5. The fourth-order valence-corrected chi connectivity index (χ4v) is 9.78. The van der Waals surface area contributed by atoms with Crippen molar-refractivity contribution < 1.29 is 20.1 Å². The molecular formula is C31H56N2O4. The number of rotatable bonds is 10. The molecule has 6 nitrogen and oxygen atoms in total. The minimum atomic E-state index is -0.333. The van der Waals surface area contributed by atoms with Gasteiger partial charge in [-0.1, -0.05) is 47.0 Å². The maximum atomic E-state index is 12.1. The van der Waals surface area contributed by atoms with E-state index in [1.807, 2.05) is 0 Å². The quantitative estimate of drug-likeness (QED) is 0.254. The van der Waals surface area contributed by atoms with Gasteiger partial charge in [-0.15, -0.1) is 0 Å². The summed E-state index contributed by atoms with van der Waals surface area (Å²) in [5.41, 5.74) is -0.0282. The lowest BCUT2D eigenvalue weighted by molar-refractivity contribution is -0.207. The molecule has 0 aromatic rings. The van der Waals surface area contributed by atoms with Gasteiger partial charge < -0.3 is 26.0 Å². The molecule has 0 aliphatic heterocycles. The molecule has 5 N–H and O–H groups in total. The third-order valence-corrected chi connectivity index (χ3v) is 12.0. The highest BCUT2D eigenvalue weighted by molar-refractivity contribution is 5.73. The Morgan fingerprint density at radius 2 is 1.65 bits per heavy atom. The van der Waals surface area contributed by atoms with Gasteiger partial charge in [0.25, 0.3) is 0 Å². The second kappa shape index (κ2) is 12.1. The van der Waals surface area contributed by atoms with E-state index in [0.717, 1.165) is 70.8 Å². The fourth-order valence-electron chi connectivity index (χ4n) is 9.78. The van der Waals surface area contributed by atoms with Crippen LogP contribution in [0.5, 0.6) is 0 Å². The second-order valence-corrected chi connectivity index (χ2v) is 13.9. The topological polar surface area (TPSA) is 102 Å². The van der Waals surface area contributed by atoms with Crippen molar-refractivity contribution in [1.82, 2.24) is 10.6 Å². The Hall–Kier alpha value is -0.850. The SMILES string of the molecule is CCCCCCNC(=O)NCCC[C@@H](C)[C@H]1CC[C@H]2[C@@H]3[C@H](O)C[C@@H]4C[C@H](O)CC[C@]4(C)[C@H]3C[C@H](O)[C@]12C. The molecule has 0 aromatic heterocycles. The largest absolute Gasteiger partial charge is 0.393 e. The average molecular weight is 521 g/mol. The highest BCUT2D eigenvalue weighted by atomic mass is 16.3. The standard InChI is InChI=1S/C31H56N2O4/c1-5-6-7-8-15-32-29(37)33-16-9-10-20(2)23-11-12-24-28-25(19-27(36)31(23,24)4)30(3)14-13-22(34)17-21(30)18-26(28)35/h20-28,34-36H,5-19H2,1-4H3,(H2,32,33,37)/t20-,21+,22-,23-,24+,25+,26-,27+,28+,30+,31-/m1/s1. The average Bonchev–Trinajstić information content (AvgIpc) is 3.22. The van der Waals surface area contributed by atoms with Gasteiger partial charge in [-0.25, -0.2) is 4.79 Å². The van der Waals surface area contributed by atoms with E-state index in [1.54, 1.807) is 0 Å². The Labute approximate surface area is 225 Å². The van der Waals surface area contributed by atoms with Crippen molar-refractivity contribution in [2.45, 2.75) is 129 Å². The van der Waals surface area contributed by atoms with Crippen LogP contribution in [-0.4, -0.2) is 52.8 Å². The zero-order valence-electron chi connectivity index (χ0n) is 24.1. The monoisotopic (exact) mass is 520 g/mol. The maximum absolute atomic E-state index is 12.1. The molecule has 4 rings (SSSR count). The van der Waals surface area contributed by atoms with Crippen molar-refractivity contribution in [3.63, 3.8) is 0 Å². The van der Waals surface area contributed by atoms with Crippen molar-refractivity contribution >= 4 is 6.03 Å². The zero-order valence-corrected chi connectivity index (χ0v) is 24.1. The molecule has 0 unspecified atom stereocenters. The van der Waals surface area contributed by atoms with Crippen molar-refractivity contribution in [2.24, 2.45) is 46.3 Å². The molecule has 0 bridgehead atoms. The number of aliphatic hydroxyl groups is 3. The first-order chi connectivity index (χ1) is 17.6. The molecule has 0 heterocycles. The van der Waals surface area contributed by atoms with Gasteiger partial charge in [0.1, 0.15) is 0 Å². The molecule has 37 heavy (non-hydrogen) atoms. The van der Waals surface area contributed by atoms with Crippen molar-refractivity contribution in [3.05, 3.63) is 0 Å². The van der Waals surface area contributed by atoms with Crippen molar-refractivity contribution in [3.8, 4) is 0 Å². The molecule has 11 atom stereocenters. The number of unbranched alkanes of at least 4 members (excludes halogenated alkanes) is 3. The molecule has 214 valence electrons. The Kier molecular flexibility index (Phi) is 9.55. The molecular weight excluding hydrogens is 464 g/mol. The lowest BCUT2D eigenvalue weighted by Crippen LogP contribution is -2.62.